The molecule has 0 saturated heterocycles. The van der Waals surface area contributed by atoms with Crippen LogP contribution in [0, 0.1) is 13.8 Å². The van der Waals surface area contributed by atoms with Gasteiger partial charge in [-0.2, -0.15) is 0 Å². The lowest BCUT2D eigenvalue weighted by molar-refractivity contribution is -0.125. The summed E-state index contributed by atoms with van der Waals surface area (Å²) in [5.41, 5.74) is 5.58. The van der Waals surface area contributed by atoms with Gasteiger partial charge in [-0.1, -0.05) is 30.3 Å². The van der Waals surface area contributed by atoms with Gasteiger partial charge in [-0.05, 0) is 42.7 Å². The smallest absolute Gasteiger partial charge is 0.339 e. The van der Waals surface area contributed by atoms with E-state index in [0.717, 1.165) is 16.8 Å². The molecular formula is C21H18N2O3S. The lowest BCUT2D eigenvalue weighted by Gasteiger charge is -2.23. The highest BCUT2D eigenvalue weighted by Crippen LogP contribution is 2.27. The number of benzene rings is 2. The Bertz CT molecular complexity index is 1040. The van der Waals surface area contributed by atoms with Crippen molar-refractivity contribution in [2.75, 3.05) is 5.32 Å². The molecule has 1 N–H and O–H groups in total. The summed E-state index contributed by atoms with van der Waals surface area (Å²) in [5.74, 6) is -0.828. The summed E-state index contributed by atoms with van der Waals surface area (Å²) >= 11 is 1.35. The van der Waals surface area contributed by atoms with Crippen molar-refractivity contribution < 1.29 is 14.3 Å². The summed E-state index contributed by atoms with van der Waals surface area (Å²) in [5, 5.41) is 5.16. The molecule has 0 saturated carbocycles. The number of amides is 1. The number of cyclic esters (lactones) is 1. The number of thiazole rings is 1. The average molecular weight is 378 g/mol. The van der Waals surface area contributed by atoms with Gasteiger partial charge in [0.25, 0.3) is 5.91 Å². The maximum Gasteiger partial charge on any atom is 0.339 e. The first-order valence-electron chi connectivity index (χ1n) is 8.64. The van der Waals surface area contributed by atoms with Crippen LogP contribution in [0.3, 0.4) is 0 Å². The molecule has 4 rings (SSSR count). The van der Waals surface area contributed by atoms with E-state index in [1.165, 1.54) is 22.5 Å². The summed E-state index contributed by atoms with van der Waals surface area (Å²) in [7, 11) is 0. The number of anilines is 1. The number of esters is 1. The number of carbonyl (C=O) groups excluding carboxylic acids is 2. The quantitative estimate of drug-likeness (QED) is 0.695. The second-order valence-corrected chi connectivity index (χ2v) is 7.44. The number of nitrogens with one attached hydrogen (secondary N) is 1. The van der Waals surface area contributed by atoms with Crippen molar-refractivity contribution in [3.8, 4) is 11.3 Å². The van der Waals surface area contributed by atoms with E-state index in [-0.39, 0.29) is 5.91 Å². The van der Waals surface area contributed by atoms with Crippen LogP contribution in [0.2, 0.25) is 0 Å². The molecule has 1 amide bonds. The first-order valence-corrected chi connectivity index (χ1v) is 9.52. The van der Waals surface area contributed by atoms with Crippen LogP contribution in [0.25, 0.3) is 11.3 Å². The highest BCUT2D eigenvalue weighted by molar-refractivity contribution is 7.14. The lowest BCUT2D eigenvalue weighted by Crippen LogP contribution is -2.37. The van der Waals surface area contributed by atoms with Crippen molar-refractivity contribution in [3.63, 3.8) is 0 Å². The van der Waals surface area contributed by atoms with Crippen molar-refractivity contribution >= 4 is 28.3 Å². The van der Waals surface area contributed by atoms with E-state index in [0.29, 0.717) is 17.1 Å². The summed E-state index contributed by atoms with van der Waals surface area (Å²) in [6, 6.07) is 13.3. The average Bonchev–Trinajstić information content (AvgIpc) is 3.12. The van der Waals surface area contributed by atoms with E-state index in [1.54, 1.807) is 12.1 Å². The largest absolute Gasteiger partial charge is 0.448 e. The topological polar surface area (TPSA) is 68.3 Å². The second-order valence-electron chi connectivity index (χ2n) is 6.58. The fourth-order valence-electron chi connectivity index (χ4n) is 3.03. The van der Waals surface area contributed by atoms with E-state index in [1.807, 2.05) is 23.6 Å². The molecule has 1 atom stereocenters. The third-order valence-corrected chi connectivity index (χ3v) is 5.48. The summed E-state index contributed by atoms with van der Waals surface area (Å²) < 4.78 is 5.29. The van der Waals surface area contributed by atoms with Gasteiger partial charge in [0.1, 0.15) is 0 Å². The molecule has 0 bridgehead atoms. The molecule has 0 spiro atoms. The molecule has 0 fully saturated rings. The number of nitrogens with zero attached hydrogens (tertiary/aromatic N) is 1. The highest BCUT2D eigenvalue weighted by atomic mass is 32.1. The molecule has 2 aromatic carbocycles. The number of aryl methyl sites for hydroxylation is 2. The van der Waals surface area contributed by atoms with Crippen molar-refractivity contribution in [2.24, 2.45) is 0 Å². The lowest BCUT2D eigenvalue weighted by atomic mass is 9.98. The van der Waals surface area contributed by atoms with Gasteiger partial charge < -0.3 is 4.74 Å². The first kappa shape index (κ1) is 17.4. The molecular weight excluding hydrogens is 360 g/mol. The zero-order chi connectivity index (χ0) is 19.0. The van der Waals surface area contributed by atoms with Gasteiger partial charge in [0.15, 0.2) is 11.2 Å². The van der Waals surface area contributed by atoms with Crippen molar-refractivity contribution in [1.29, 1.82) is 0 Å². The van der Waals surface area contributed by atoms with Crippen molar-refractivity contribution in [2.45, 2.75) is 26.4 Å². The van der Waals surface area contributed by atoms with Crippen LogP contribution in [0.5, 0.6) is 0 Å². The Balaban J connectivity index is 1.49. The van der Waals surface area contributed by atoms with Crippen LogP contribution in [-0.2, 0) is 16.0 Å². The monoisotopic (exact) mass is 378 g/mol. The van der Waals surface area contributed by atoms with Crippen LogP contribution in [0.4, 0.5) is 5.13 Å². The molecule has 5 nitrogen and oxygen atoms in total. The Morgan fingerprint density at radius 3 is 2.81 bits per heavy atom. The molecule has 0 aliphatic carbocycles. The van der Waals surface area contributed by atoms with E-state index < -0.39 is 12.1 Å². The van der Waals surface area contributed by atoms with Crippen LogP contribution < -0.4 is 5.32 Å². The van der Waals surface area contributed by atoms with Gasteiger partial charge in [0.2, 0.25) is 0 Å². The number of rotatable bonds is 3. The fourth-order valence-corrected chi connectivity index (χ4v) is 3.75. The zero-order valence-electron chi connectivity index (χ0n) is 15.0. The molecule has 0 unspecified atom stereocenters. The van der Waals surface area contributed by atoms with Crippen LogP contribution in [0.1, 0.15) is 27.0 Å². The van der Waals surface area contributed by atoms with E-state index in [2.05, 4.69) is 36.3 Å². The standard InChI is InChI=1S/C21H18N2O3S/c1-12-7-8-15(9-13(12)2)17-11-27-21(22-17)23-19(24)18-10-14-5-3-4-6-16(14)20(25)26-18/h3-9,11,18H,10H2,1-2H3,(H,22,23,24)/t18-/m1/s1. The Labute approximate surface area is 161 Å². The third kappa shape index (κ3) is 3.48. The summed E-state index contributed by atoms with van der Waals surface area (Å²) in [6.45, 7) is 4.12. The normalized spacial score (nSPS) is 15.8. The number of hydrogen-bond acceptors (Lipinski definition) is 5. The molecule has 1 aliphatic rings. The zero-order valence-corrected chi connectivity index (χ0v) is 15.8. The third-order valence-electron chi connectivity index (χ3n) is 4.72. The minimum Gasteiger partial charge on any atom is -0.448 e. The minimum atomic E-state index is -0.846. The van der Waals surface area contributed by atoms with Gasteiger partial charge in [-0.15, -0.1) is 11.3 Å². The van der Waals surface area contributed by atoms with E-state index in [4.69, 9.17) is 4.74 Å². The molecule has 27 heavy (non-hydrogen) atoms. The Morgan fingerprint density at radius 2 is 2.00 bits per heavy atom. The number of hydrogen-bond donors (Lipinski definition) is 1. The second kappa shape index (κ2) is 6.96. The van der Waals surface area contributed by atoms with Gasteiger partial charge in [-0.3, -0.25) is 10.1 Å². The van der Waals surface area contributed by atoms with Crippen molar-refractivity contribution in [3.05, 3.63) is 70.1 Å². The van der Waals surface area contributed by atoms with Crippen molar-refractivity contribution in [1.82, 2.24) is 4.98 Å². The molecule has 3 aromatic rings. The van der Waals surface area contributed by atoms with Gasteiger partial charge >= 0.3 is 5.97 Å². The Hall–Kier alpha value is -2.99. The molecule has 1 aliphatic heterocycles. The fraction of sp³-hybridized carbons (Fsp3) is 0.190. The van der Waals surface area contributed by atoms with E-state index in [9.17, 15) is 9.59 Å². The Kier molecular flexibility index (Phi) is 4.49. The SMILES string of the molecule is Cc1ccc(-c2csc(NC(=O)[C@H]3Cc4ccccc4C(=O)O3)n2)cc1C. The number of carbonyl (C=O) groups is 2. The summed E-state index contributed by atoms with van der Waals surface area (Å²) in [6.07, 6.45) is -0.482. The minimum absolute atomic E-state index is 0.362. The molecule has 6 heteroatoms. The van der Waals surface area contributed by atoms with Gasteiger partial charge in [-0.25, -0.2) is 9.78 Å². The number of fused-ring (bicyclic) bond motifs is 1. The van der Waals surface area contributed by atoms with Gasteiger partial charge in [0.05, 0.1) is 11.3 Å². The van der Waals surface area contributed by atoms with Crippen LogP contribution in [-0.4, -0.2) is 23.0 Å². The number of aromatic nitrogens is 1. The van der Waals surface area contributed by atoms with E-state index >= 15 is 0 Å². The molecule has 2 heterocycles. The van der Waals surface area contributed by atoms with Crippen LogP contribution >= 0.6 is 11.3 Å². The predicted molar refractivity (Wildman–Crippen MR) is 105 cm³/mol. The molecule has 136 valence electrons. The number of ether oxygens (including phenoxy) is 1. The highest BCUT2D eigenvalue weighted by Gasteiger charge is 2.31. The maximum atomic E-state index is 12.5. The summed E-state index contributed by atoms with van der Waals surface area (Å²) in [4.78, 5) is 29.1. The van der Waals surface area contributed by atoms with Gasteiger partial charge in [0, 0.05) is 17.4 Å². The van der Waals surface area contributed by atoms with Crippen LogP contribution in [0.15, 0.2) is 47.8 Å². The molecule has 1 aromatic heterocycles. The maximum absolute atomic E-state index is 12.5. The predicted octanol–water partition coefficient (Wildman–Crippen LogP) is 4.15. The first-order chi connectivity index (χ1) is 13.0. The molecule has 0 radical (unpaired) electrons. The Morgan fingerprint density at radius 1 is 1.19 bits per heavy atom.